The summed E-state index contributed by atoms with van der Waals surface area (Å²) >= 11 is 6.19. The van der Waals surface area contributed by atoms with Crippen LogP contribution in [0.3, 0.4) is 0 Å². The van der Waals surface area contributed by atoms with Gasteiger partial charge in [-0.1, -0.05) is 11.6 Å². The first kappa shape index (κ1) is 20.9. The van der Waals surface area contributed by atoms with E-state index in [1.165, 1.54) is 0 Å². The van der Waals surface area contributed by atoms with Gasteiger partial charge in [0.1, 0.15) is 5.82 Å². The van der Waals surface area contributed by atoms with Crippen molar-refractivity contribution in [3.05, 3.63) is 47.0 Å². The Kier molecular flexibility index (Phi) is 6.28. The van der Waals surface area contributed by atoms with Crippen molar-refractivity contribution < 1.29 is 0 Å². The van der Waals surface area contributed by atoms with Gasteiger partial charge in [0.25, 0.3) is 0 Å². The zero-order chi connectivity index (χ0) is 19.7. The predicted molar refractivity (Wildman–Crippen MR) is 120 cm³/mol. The molecule has 2 heterocycles. The summed E-state index contributed by atoms with van der Waals surface area (Å²) in [6, 6.07) is 13.3. The van der Waals surface area contributed by atoms with E-state index in [1.807, 2.05) is 25.2 Å². The lowest BCUT2D eigenvalue weighted by Crippen LogP contribution is -2.30. The molecule has 1 aliphatic rings. The molecule has 1 saturated heterocycles. The maximum atomic E-state index is 9.17. The maximum absolute atomic E-state index is 9.17. The number of anilines is 4. The molecule has 0 radical (unpaired) electrons. The van der Waals surface area contributed by atoms with Crippen molar-refractivity contribution in [2.75, 3.05) is 36.1 Å². The molecule has 1 atom stereocenters. The molecule has 0 aliphatic carbocycles. The van der Waals surface area contributed by atoms with E-state index in [2.05, 4.69) is 26.6 Å². The number of nitrogens with two attached hydrogens (primary N) is 1. The topological polar surface area (TPSA) is 103 Å². The van der Waals surface area contributed by atoms with E-state index in [0.29, 0.717) is 34.0 Å². The second kappa shape index (κ2) is 8.70. The minimum Gasteiger partial charge on any atom is -0.399 e. The Morgan fingerprint density at radius 1 is 1.24 bits per heavy atom. The average Bonchev–Trinajstić information content (AvgIpc) is 3.15. The number of rotatable bonds is 4. The lowest BCUT2D eigenvalue weighted by molar-refractivity contribution is 0.616. The molecule has 2 aromatic carbocycles. The van der Waals surface area contributed by atoms with Crippen molar-refractivity contribution in [3.8, 4) is 6.07 Å². The van der Waals surface area contributed by atoms with E-state index in [1.54, 1.807) is 18.2 Å². The Hall–Kier alpha value is -2.79. The van der Waals surface area contributed by atoms with Gasteiger partial charge in [-0.2, -0.15) is 10.2 Å². The van der Waals surface area contributed by atoms with Gasteiger partial charge in [0.05, 0.1) is 17.1 Å². The summed E-state index contributed by atoms with van der Waals surface area (Å²) in [4.78, 5) is 11.6. The third kappa shape index (κ3) is 4.46. The van der Waals surface area contributed by atoms with Crippen LogP contribution in [0.5, 0.6) is 0 Å². The summed E-state index contributed by atoms with van der Waals surface area (Å²) in [5, 5.41) is 17.3. The van der Waals surface area contributed by atoms with Crippen molar-refractivity contribution in [3.63, 3.8) is 0 Å². The molecule has 4 N–H and O–H groups in total. The number of nitrogen functional groups attached to an aromatic ring is 1. The fourth-order valence-electron chi connectivity index (χ4n) is 3.49. The van der Waals surface area contributed by atoms with E-state index in [4.69, 9.17) is 27.6 Å². The Labute approximate surface area is 180 Å². The molecule has 150 valence electrons. The van der Waals surface area contributed by atoms with E-state index in [-0.39, 0.29) is 12.4 Å². The number of hydrogen-bond donors (Lipinski definition) is 3. The molecule has 1 fully saturated rings. The minimum absolute atomic E-state index is 0. The summed E-state index contributed by atoms with van der Waals surface area (Å²) in [5.74, 6) is 1.30. The average molecular weight is 430 g/mol. The number of halogens is 2. The van der Waals surface area contributed by atoms with Gasteiger partial charge in [0.15, 0.2) is 0 Å². The van der Waals surface area contributed by atoms with Crippen LogP contribution in [-0.2, 0) is 0 Å². The Morgan fingerprint density at radius 2 is 2.07 bits per heavy atom. The van der Waals surface area contributed by atoms with Crippen molar-refractivity contribution in [2.45, 2.75) is 12.5 Å². The van der Waals surface area contributed by atoms with Gasteiger partial charge < -0.3 is 21.3 Å². The molecule has 0 amide bonds. The monoisotopic (exact) mass is 429 g/mol. The molecule has 4 rings (SSSR count). The number of nitrogens with one attached hydrogen (secondary N) is 2. The lowest BCUT2D eigenvalue weighted by Gasteiger charge is -2.20. The highest BCUT2D eigenvalue weighted by molar-refractivity contribution is 6.31. The highest BCUT2D eigenvalue weighted by Gasteiger charge is 2.24. The number of nitriles is 1. The van der Waals surface area contributed by atoms with E-state index < -0.39 is 0 Å². The molecule has 0 unspecified atom stereocenters. The van der Waals surface area contributed by atoms with Crippen LogP contribution >= 0.6 is 24.0 Å². The minimum atomic E-state index is 0. The first-order chi connectivity index (χ1) is 13.6. The summed E-state index contributed by atoms with van der Waals surface area (Å²) in [5.41, 5.74) is 8.30. The molecular weight excluding hydrogens is 409 g/mol. The molecule has 7 nitrogen and oxygen atoms in total. The molecule has 0 bridgehead atoms. The first-order valence-corrected chi connectivity index (χ1v) is 9.40. The number of nitrogens with zero attached hydrogens (tertiary/aromatic N) is 4. The quantitative estimate of drug-likeness (QED) is 0.543. The van der Waals surface area contributed by atoms with Crippen LogP contribution in [-0.4, -0.2) is 36.1 Å². The van der Waals surface area contributed by atoms with Gasteiger partial charge in [-0.3, -0.25) is 0 Å². The smallest absolute Gasteiger partial charge is 0.229 e. The highest BCUT2D eigenvalue weighted by Crippen LogP contribution is 2.31. The summed E-state index contributed by atoms with van der Waals surface area (Å²) in [6.07, 6.45) is 1.05. The molecule has 1 aliphatic heterocycles. The van der Waals surface area contributed by atoms with E-state index in [0.717, 1.165) is 36.2 Å². The Bertz CT molecular complexity index is 1080. The van der Waals surface area contributed by atoms with Gasteiger partial charge >= 0.3 is 0 Å². The highest BCUT2D eigenvalue weighted by atomic mass is 35.5. The van der Waals surface area contributed by atoms with Crippen LogP contribution in [0.4, 0.5) is 23.1 Å². The van der Waals surface area contributed by atoms with Crippen LogP contribution in [0.15, 0.2) is 36.4 Å². The normalized spacial score (nSPS) is 15.8. The number of aromatic nitrogens is 2. The summed E-state index contributed by atoms with van der Waals surface area (Å²) in [6.45, 7) is 1.79. The summed E-state index contributed by atoms with van der Waals surface area (Å²) < 4.78 is 0. The van der Waals surface area contributed by atoms with Crippen LogP contribution in [0.1, 0.15) is 12.0 Å². The molecule has 29 heavy (non-hydrogen) atoms. The van der Waals surface area contributed by atoms with Crippen molar-refractivity contribution >= 4 is 58.1 Å². The van der Waals surface area contributed by atoms with Gasteiger partial charge in [-0.25, -0.2) is 4.98 Å². The second-order valence-electron chi connectivity index (χ2n) is 6.83. The maximum Gasteiger partial charge on any atom is 0.229 e. The Balaban J connectivity index is 0.00000240. The number of likely N-dealkylation sites (N-methyl/N-ethyl adjacent to an activating group) is 1. The van der Waals surface area contributed by atoms with Gasteiger partial charge in [-0.05, 0) is 49.9 Å². The molecule has 3 aromatic rings. The van der Waals surface area contributed by atoms with Crippen LogP contribution in [0.25, 0.3) is 10.9 Å². The van der Waals surface area contributed by atoms with Gasteiger partial charge in [0, 0.05) is 40.9 Å². The fourth-order valence-corrected chi connectivity index (χ4v) is 3.66. The molecule has 0 spiro atoms. The SMILES string of the molecule is CN[C@H]1CCN(c2nc(Nc3cc(N)cc(C#N)c3)nc3cc(Cl)ccc23)C1.Cl. The van der Waals surface area contributed by atoms with Crippen molar-refractivity contribution in [1.82, 2.24) is 15.3 Å². The zero-order valence-corrected chi connectivity index (χ0v) is 17.4. The first-order valence-electron chi connectivity index (χ1n) is 9.03. The van der Waals surface area contributed by atoms with Gasteiger partial charge in [0.2, 0.25) is 5.95 Å². The fraction of sp³-hybridized carbons (Fsp3) is 0.250. The molecule has 9 heteroatoms. The Morgan fingerprint density at radius 3 is 2.79 bits per heavy atom. The largest absolute Gasteiger partial charge is 0.399 e. The van der Waals surface area contributed by atoms with E-state index in [9.17, 15) is 0 Å². The van der Waals surface area contributed by atoms with Crippen LogP contribution in [0.2, 0.25) is 5.02 Å². The van der Waals surface area contributed by atoms with Crippen LogP contribution < -0.4 is 21.3 Å². The zero-order valence-electron chi connectivity index (χ0n) is 15.8. The second-order valence-corrected chi connectivity index (χ2v) is 7.27. The predicted octanol–water partition coefficient (Wildman–Crippen LogP) is 3.70. The molecular formula is C20H21Cl2N7. The number of hydrogen-bond acceptors (Lipinski definition) is 7. The molecule has 1 aromatic heterocycles. The lowest BCUT2D eigenvalue weighted by atomic mass is 10.2. The third-order valence-corrected chi connectivity index (χ3v) is 5.11. The third-order valence-electron chi connectivity index (χ3n) is 4.88. The van der Waals surface area contributed by atoms with Crippen LogP contribution in [0, 0.1) is 11.3 Å². The number of benzene rings is 2. The summed E-state index contributed by atoms with van der Waals surface area (Å²) in [7, 11) is 1.98. The van der Waals surface area contributed by atoms with Crippen molar-refractivity contribution in [1.29, 1.82) is 5.26 Å². The van der Waals surface area contributed by atoms with Crippen molar-refractivity contribution in [2.24, 2.45) is 0 Å². The van der Waals surface area contributed by atoms with E-state index >= 15 is 0 Å². The standard InChI is InChI=1S/C20H20ClN7.ClH/c1-24-15-4-5-28(11-15)19-17-3-2-13(21)8-18(17)26-20(27-19)25-16-7-12(10-22)6-14(23)9-16;/h2-3,6-9,15,24H,4-5,11,23H2,1H3,(H,25,26,27);1H/t15-;/m0./s1. The number of fused-ring (bicyclic) bond motifs is 1. The molecule has 0 saturated carbocycles. The van der Waals surface area contributed by atoms with Gasteiger partial charge in [-0.15, -0.1) is 12.4 Å².